The molecule has 2 aliphatic rings. The first-order valence-corrected chi connectivity index (χ1v) is 11.9. The summed E-state index contributed by atoms with van der Waals surface area (Å²) < 4.78 is 16.5. The lowest BCUT2D eigenvalue weighted by Crippen LogP contribution is -2.42. The molecule has 0 unspecified atom stereocenters. The van der Waals surface area contributed by atoms with Gasteiger partial charge in [-0.15, -0.1) is 0 Å². The number of methoxy groups -OCH3 is 1. The van der Waals surface area contributed by atoms with E-state index < -0.39 is 18.0 Å². The molecule has 0 bridgehead atoms. The van der Waals surface area contributed by atoms with E-state index in [0.29, 0.717) is 38.8 Å². The molecule has 1 aromatic carbocycles. The fraction of sp³-hybridized carbons (Fsp3) is 0.462. The minimum absolute atomic E-state index is 0.0791. The van der Waals surface area contributed by atoms with Gasteiger partial charge in [-0.3, -0.25) is 14.6 Å². The van der Waals surface area contributed by atoms with Gasteiger partial charge in [0, 0.05) is 45.2 Å². The third-order valence-corrected chi connectivity index (χ3v) is 6.40. The SMILES string of the molecule is COC(=O)c1ccccc1C(=O)N1CC(=O)N(CC2CCOCC2)C[C@H](OCc2cccnc2)C1. The Morgan fingerprint density at radius 3 is 2.57 bits per heavy atom. The van der Waals surface area contributed by atoms with Gasteiger partial charge in [0.2, 0.25) is 5.91 Å². The number of amides is 2. The monoisotopic (exact) mass is 481 g/mol. The fourth-order valence-electron chi connectivity index (χ4n) is 4.48. The molecule has 1 atom stereocenters. The number of esters is 1. The molecule has 0 N–H and O–H groups in total. The second kappa shape index (κ2) is 11.9. The Morgan fingerprint density at radius 2 is 1.86 bits per heavy atom. The molecule has 4 rings (SSSR count). The highest BCUT2D eigenvalue weighted by molar-refractivity contribution is 6.06. The van der Waals surface area contributed by atoms with Crippen LogP contribution in [0.15, 0.2) is 48.8 Å². The Kier molecular flexibility index (Phi) is 8.44. The van der Waals surface area contributed by atoms with Gasteiger partial charge in [-0.1, -0.05) is 18.2 Å². The van der Waals surface area contributed by atoms with Crippen LogP contribution in [0.3, 0.4) is 0 Å². The highest BCUT2D eigenvalue weighted by Crippen LogP contribution is 2.21. The lowest BCUT2D eigenvalue weighted by Gasteiger charge is -2.30. The van der Waals surface area contributed by atoms with Crippen molar-refractivity contribution in [3.05, 3.63) is 65.5 Å². The van der Waals surface area contributed by atoms with Gasteiger partial charge in [0.1, 0.15) is 6.54 Å². The Hall–Kier alpha value is -3.30. The summed E-state index contributed by atoms with van der Waals surface area (Å²) in [6.07, 6.45) is 4.84. The van der Waals surface area contributed by atoms with E-state index >= 15 is 0 Å². The van der Waals surface area contributed by atoms with Crippen LogP contribution < -0.4 is 0 Å². The molecular formula is C26H31N3O6. The van der Waals surface area contributed by atoms with Gasteiger partial charge in [-0.2, -0.15) is 0 Å². The Morgan fingerprint density at radius 1 is 1.09 bits per heavy atom. The van der Waals surface area contributed by atoms with Crippen LogP contribution >= 0.6 is 0 Å². The molecule has 1 aromatic heterocycles. The number of benzene rings is 1. The summed E-state index contributed by atoms with van der Waals surface area (Å²) in [6.45, 7) is 2.85. The summed E-state index contributed by atoms with van der Waals surface area (Å²) in [5.41, 5.74) is 1.28. The summed E-state index contributed by atoms with van der Waals surface area (Å²) >= 11 is 0. The molecule has 3 heterocycles. The normalized spacial score (nSPS) is 19.3. The highest BCUT2D eigenvalue weighted by Gasteiger charge is 2.34. The lowest BCUT2D eigenvalue weighted by atomic mass is 9.99. The van der Waals surface area contributed by atoms with Crippen molar-refractivity contribution in [1.29, 1.82) is 0 Å². The first-order valence-electron chi connectivity index (χ1n) is 11.9. The van der Waals surface area contributed by atoms with Crippen molar-refractivity contribution >= 4 is 17.8 Å². The number of nitrogens with zero attached hydrogens (tertiary/aromatic N) is 3. The predicted molar refractivity (Wildman–Crippen MR) is 127 cm³/mol. The van der Waals surface area contributed by atoms with Crippen molar-refractivity contribution in [2.75, 3.05) is 46.5 Å². The van der Waals surface area contributed by atoms with Crippen molar-refractivity contribution in [2.45, 2.75) is 25.6 Å². The van der Waals surface area contributed by atoms with E-state index in [9.17, 15) is 14.4 Å². The molecule has 2 aromatic rings. The van der Waals surface area contributed by atoms with Gasteiger partial charge in [-0.25, -0.2) is 4.79 Å². The van der Waals surface area contributed by atoms with E-state index in [1.165, 1.54) is 12.0 Å². The topological polar surface area (TPSA) is 98.3 Å². The van der Waals surface area contributed by atoms with Gasteiger partial charge in [0.15, 0.2) is 0 Å². The Bertz CT molecular complexity index is 1020. The number of aromatic nitrogens is 1. The molecule has 0 aliphatic carbocycles. The van der Waals surface area contributed by atoms with Gasteiger partial charge in [0.05, 0.1) is 30.9 Å². The van der Waals surface area contributed by atoms with Crippen molar-refractivity contribution < 1.29 is 28.6 Å². The summed E-state index contributed by atoms with van der Waals surface area (Å²) in [5, 5.41) is 0. The second-order valence-corrected chi connectivity index (χ2v) is 8.87. The molecule has 9 nitrogen and oxygen atoms in total. The van der Waals surface area contributed by atoms with Crippen LogP contribution in [0.25, 0.3) is 0 Å². The van der Waals surface area contributed by atoms with Crippen LogP contribution in [0.4, 0.5) is 0 Å². The molecule has 2 aliphatic heterocycles. The van der Waals surface area contributed by atoms with Gasteiger partial charge in [-0.05, 0) is 42.5 Å². The Labute approximate surface area is 205 Å². The largest absolute Gasteiger partial charge is 0.465 e. The zero-order chi connectivity index (χ0) is 24.6. The number of carbonyl (C=O) groups excluding carboxylic acids is 3. The molecule has 35 heavy (non-hydrogen) atoms. The van der Waals surface area contributed by atoms with E-state index in [0.717, 1.165) is 18.4 Å². The van der Waals surface area contributed by atoms with Gasteiger partial charge >= 0.3 is 5.97 Å². The van der Waals surface area contributed by atoms with Crippen LogP contribution in [0, 0.1) is 5.92 Å². The van der Waals surface area contributed by atoms with E-state index in [-0.39, 0.29) is 30.1 Å². The zero-order valence-corrected chi connectivity index (χ0v) is 19.9. The zero-order valence-electron chi connectivity index (χ0n) is 19.9. The Balaban J connectivity index is 1.54. The van der Waals surface area contributed by atoms with Crippen LogP contribution in [-0.2, 0) is 25.6 Å². The molecule has 0 saturated carbocycles. The summed E-state index contributed by atoms with van der Waals surface area (Å²) in [5.74, 6) is -0.773. The number of carbonyl (C=O) groups is 3. The first-order chi connectivity index (χ1) is 17.0. The maximum atomic E-state index is 13.5. The smallest absolute Gasteiger partial charge is 0.338 e. The van der Waals surface area contributed by atoms with Crippen molar-refractivity contribution in [3.8, 4) is 0 Å². The molecule has 9 heteroatoms. The van der Waals surface area contributed by atoms with Crippen molar-refractivity contribution in [3.63, 3.8) is 0 Å². The van der Waals surface area contributed by atoms with E-state index in [1.807, 2.05) is 17.0 Å². The minimum atomic E-state index is -0.597. The quantitative estimate of drug-likeness (QED) is 0.559. The maximum absolute atomic E-state index is 13.5. The second-order valence-electron chi connectivity index (χ2n) is 8.87. The molecule has 186 valence electrons. The summed E-state index contributed by atoms with van der Waals surface area (Å²) in [4.78, 5) is 46.4. The van der Waals surface area contributed by atoms with Crippen LogP contribution in [0.2, 0.25) is 0 Å². The molecular weight excluding hydrogens is 450 g/mol. The molecule has 2 fully saturated rings. The minimum Gasteiger partial charge on any atom is -0.465 e. The highest BCUT2D eigenvalue weighted by atomic mass is 16.5. The predicted octanol–water partition coefficient (Wildman–Crippen LogP) is 2.16. The molecule has 2 amide bonds. The van der Waals surface area contributed by atoms with Gasteiger partial charge in [0.25, 0.3) is 5.91 Å². The number of hydrogen-bond donors (Lipinski definition) is 0. The number of pyridine rings is 1. The average molecular weight is 482 g/mol. The van der Waals surface area contributed by atoms with E-state index in [1.54, 1.807) is 36.7 Å². The third-order valence-electron chi connectivity index (χ3n) is 6.40. The molecule has 0 spiro atoms. The fourth-order valence-corrected chi connectivity index (χ4v) is 4.48. The molecule has 0 radical (unpaired) electrons. The van der Waals surface area contributed by atoms with Gasteiger partial charge < -0.3 is 24.0 Å². The van der Waals surface area contributed by atoms with Crippen LogP contribution in [0.5, 0.6) is 0 Å². The number of rotatable bonds is 7. The van der Waals surface area contributed by atoms with Crippen molar-refractivity contribution in [1.82, 2.24) is 14.8 Å². The number of ether oxygens (including phenoxy) is 3. The standard InChI is InChI=1S/C26H31N3O6/c1-33-26(32)23-7-3-2-6-22(23)25(31)29-16-21(35-18-20-5-4-10-27-13-20)15-28(24(30)17-29)14-19-8-11-34-12-9-19/h2-7,10,13,19,21H,8-9,11-12,14-18H2,1H3/t21-/m0/s1. The van der Waals surface area contributed by atoms with Crippen molar-refractivity contribution in [2.24, 2.45) is 5.92 Å². The molecule has 2 saturated heterocycles. The lowest BCUT2D eigenvalue weighted by molar-refractivity contribution is -0.132. The first kappa shape index (κ1) is 24.8. The van der Waals surface area contributed by atoms with E-state index in [2.05, 4.69) is 4.98 Å². The van der Waals surface area contributed by atoms with Crippen LogP contribution in [0.1, 0.15) is 39.1 Å². The van der Waals surface area contributed by atoms with E-state index in [4.69, 9.17) is 14.2 Å². The average Bonchev–Trinajstić information content (AvgIpc) is 3.06. The third kappa shape index (κ3) is 6.43. The summed E-state index contributed by atoms with van der Waals surface area (Å²) in [7, 11) is 1.27. The maximum Gasteiger partial charge on any atom is 0.338 e. The number of hydrogen-bond acceptors (Lipinski definition) is 7. The summed E-state index contributed by atoms with van der Waals surface area (Å²) in [6, 6.07) is 10.2. The van der Waals surface area contributed by atoms with Crippen LogP contribution in [-0.4, -0.2) is 85.2 Å².